The molecule has 4 nitrogen and oxygen atoms in total. The molecular formula is C11H7BrClN3O. The molecule has 0 bridgehead atoms. The van der Waals surface area contributed by atoms with Gasteiger partial charge in [0, 0.05) is 16.9 Å². The molecule has 0 fully saturated rings. The van der Waals surface area contributed by atoms with Crippen LogP contribution >= 0.6 is 27.5 Å². The van der Waals surface area contributed by atoms with Crippen LogP contribution in [0.25, 0.3) is 0 Å². The third kappa shape index (κ3) is 2.81. The topological polar surface area (TPSA) is 54.9 Å². The average molecular weight is 313 g/mol. The number of benzene rings is 1. The minimum atomic E-state index is -0.345. The van der Waals surface area contributed by atoms with Crippen LogP contribution in [0.2, 0.25) is 5.02 Å². The van der Waals surface area contributed by atoms with E-state index in [1.165, 1.54) is 0 Å². The number of amides is 1. The van der Waals surface area contributed by atoms with Gasteiger partial charge in [-0.15, -0.1) is 0 Å². The fourth-order valence-corrected chi connectivity index (χ4v) is 1.79. The summed E-state index contributed by atoms with van der Waals surface area (Å²) in [5.74, 6) is -0.101. The second kappa shape index (κ2) is 5.25. The van der Waals surface area contributed by atoms with E-state index in [2.05, 4.69) is 31.2 Å². The molecule has 1 amide bonds. The summed E-state index contributed by atoms with van der Waals surface area (Å²) in [6.07, 6.45) is 3.09. The molecule has 2 rings (SSSR count). The van der Waals surface area contributed by atoms with Gasteiger partial charge in [0.15, 0.2) is 0 Å². The maximum Gasteiger partial charge on any atom is 0.259 e. The van der Waals surface area contributed by atoms with Crippen molar-refractivity contribution in [3.8, 4) is 0 Å². The monoisotopic (exact) mass is 311 g/mol. The van der Waals surface area contributed by atoms with E-state index >= 15 is 0 Å². The van der Waals surface area contributed by atoms with Gasteiger partial charge in [-0.3, -0.25) is 10.1 Å². The van der Waals surface area contributed by atoms with Gasteiger partial charge < -0.3 is 0 Å². The summed E-state index contributed by atoms with van der Waals surface area (Å²) in [6, 6.07) is 6.79. The van der Waals surface area contributed by atoms with E-state index in [1.54, 1.807) is 36.7 Å². The summed E-state index contributed by atoms with van der Waals surface area (Å²) < 4.78 is 0.667. The first kappa shape index (κ1) is 12.0. The molecule has 0 saturated carbocycles. The average Bonchev–Trinajstić information content (AvgIpc) is 2.34. The molecule has 0 aliphatic rings. The number of hydrogen-bond donors (Lipinski definition) is 1. The molecule has 6 heteroatoms. The third-order valence-electron chi connectivity index (χ3n) is 1.99. The number of rotatable bonds is 2. The molecule has 2 aromatic rings. The highest BCUT2D eigenvalue weighted by Gasteiger charge is 2.13. The Morgan fingerprint density at radius 2 is 1.94 bits per heavy atom. The van der Waals surface area contributed by atoms with Crippen LogP contribution in [-0.4, -0.2) is 15.9 Å². The highest BCUT2D eigenvalue weighted by atomic mass is 79.9. The Morgan fingerprint density at radius 3 is 2.65 bits per heavy atom. The van der Waals surface area contributed by atoms with Crippen molar-refractivity contribution in [1.29, 1.82) is 0 Å². The van der Waals surface area contributed by atoms with Crippen molar-refractivity contribution < 1.29 is 4.79 Å². The van der Waals surface area contributed by atoms with Gasteiger partial charge in [-0.1, -0.05) is 17.7 Å². The Balaban J connectivity index is 2.24. The SMILES string of the molecule is O=C(Nc1ncccn1)c1cccc(Br)c1Cl. The van der Waals surface area contributed by atoms with E-state index in [4.69, 9.17) is 11.6 Å². The number of nitrogens with one attached hydrogen (secondary N) is 1. The molecule has 17 heavy (non-hydrogen) atoms. The predicted molar refractivity (Wildman–Crippen MR) is 69.1 cm³/mol. The Morgan fingerprint density at radius 1 is 1.24 bits per heavy atom. The van der Waals surface area contributed by atoms with Gasteiger partial charge in [0.2, 0.25) is 5.95 Å². The van der Waals surface area contributed by atoms with Gasteiger partial charge in [0.25, 0.3) is 5.91 Å². The van der Waals surface area contributed by atoms with Crippen LogP contribution in [0.5, 0.6) is 0 Å². The minimum absolute atomic E-state index is 0.244. The first-order valence-corrected chi connectivity index (χ1v) is 5.88. The number of nitrogens with zero attached hydrogens (tertiary/aromatic N) is 2. The lowest BCUT2D eigenvalue weighted by molar-refractivity contribution is 0.102. The van der Waals surface area contributed by atoms with Gasteiger partial charge in [-0.2, -0.15) is 0 Å². The van der Waals surface area contributed by atoms with Crippen LogP contribution < -0.4 is 5.32 Å². The highest BCUT2D eigenvalue weighted by molar-refractivity contribution is 9.10. The van der Waals surface area contributed by atoms with Crippen molar-refractivity contribution >= 4 is 39.4 Å². The molecule has 0 radical (unpaired) electrons. The lowest BCUT2D eigenvalue weighted by Gasteiger charge is -2.05. The summed E-state index contributed by atoms with van der Waals surface area (Å²) in [4.78, 5) is 19.7. The minimum Gasteiger partial charge on any atom is -0.290 e. The number of carbonyl (C=O) groups is 1. The van der Waals surface area contributed by atoms with Crippen molar-refractivity contribution in [1.82, 2.24) is 9.97 Å². The lowest BCUT2D eigenvalue weighted by Crippen LogP contribution is -2.14. The van der Waals surface area contributed by atoms with Gasteiger partial charge in [-0.05, 0) is 34.1 Å². The van der Waals surface area contributed by atoms with Crippen molar-refractivity contribution in [2.24, 2.45) is 0 Å². The largest absolute Gasteiger partial charge is 0.290 e. The number of halogens is 2. The number of hydrogen-bond acceptors (Lipinski definition) is 3. The maximum atomic E-state index is 11.9. The lowest BCUT2D eigenvalue weighted by atomic mass is 10.2. The summed E-state index contributed by atoms with van der Waals surface area (Å²) in [5, 5.41) is 2.92. The molecule has 1 N–H and O–H groups in total. The maximum absolute atomic E-state index is 11.9. The van der Waals surface area contributed by atoms with E-state index in [1.807, 2.05) is 0 Å². The van der Waals surface area contributed by atoms with Gasteiger partial charge in [0.05, 0.1) is 10.6 Å². The normalized spacial score (nSPS) is 10.0. The van der Waals surface area contributed by atoms with Crippen molar-refractivity contribution in [3.63, 3.8) is 0 Å². The van der Waals surface area contributed by atoms with Gasteiger partial charge in [-0.25, -0.2) is 9.97 Å². The third-order valence-corrected chi connectivity index (χ3v) is 3.28. The van der Waals surface area contributed by atoms with Crippen LogP contribution in [0, 0.1) is 0 Å². The van der Waals surface area contributed by atoms with Crippen LogP contribution in [0.4, 0.5) is 5.95 Å². The van der Waals surface area contributed by atoms with Crippen LogP contribution in [0.3, 0.4) is 0 Å². The molecule has 86 valence electrons. The predicted octanol–water partition coefficient (Wildman–Crippen LogP) is 3.14. The zero-order chi connectivity index (χ0) is 12.3. The molecule has 0 atom stereocenters. The van der Waals surface area contributed by atoms with E-state index in [0.29, 0.717) is 15.1 Å². The van der Waals surface area contributed by atoms with E-state index < -0.39 is 0 Å². The van der Waals surface area contributed by atoms with Gasteiger partial charge >= 0.3 is 0 Å². The first-order valence-electron chi connectivity index (χ1n) is 4.71. The molecule has 0 aliphatic carbocycles. The van der Waals surface area contributed by atoms with Crippen LogP contribution in [-0.2, 0) is 0 Å². The molecule has 0 unspecified atom stereocenters. The smallest absolute Gasteiger partial charge is 0.259 e. The molecule has 1 aromatic carbocycles. The molecule has 0 aliphatic heterocycles. The Labute approximate surface area is 111 Å². The van der Waals surface area contributed by atoms with Crippen LogP contribution in [0.15, 0.2) is 41.1 Å². The molecule has 1 heterocycles. The number of anilines is 1. The fourth-order valence-electron chi connectivity index (χ4n) is 1.21. The zero-order valence-corrected chi connectivity index (χ0v) is 10.9. The van der Waals surface area contributed by atoms with Crippen molar-refractivity contribution in [3.05, 3.63) is 51.7 Å². The zero-order valence-electron chi connectivity index (χ0n) is 8.52. The van der Waals surface area contributed by atoms with E-state index in [-0.39, 0.29) is 11.9 Å². The summed E-state index contributed by atoms with van der Waals surface area (Å²) in [7, 11) is 0. The fraction of sp³-hybridized carbons (Fsp3) is 0. The second-order valence-corrected chi connectivity index (χ2v) is 4.36. The second-order valence-electron chi connectivity index (χ2n) is 3.13. The first-order chi connectivity index (χ1) is 8.18. The Hall–Kier alpha value is -1.46. The summed E-state index contributed by atoms with van der Waals surface area (Å²) >= 11 is 9.26. The highest BCUT2D eigenvalue weighted by Crippen LogP contribution is 2.26. The molecule has 1 aromatic heterocycles. The molecule has 0 spiro atoms. The van der Waals surface area contributed by atoms with Gasteiger partial charge in [0.1, 0.15) is 0 Å². The number of aromatic nitrogens is 2. The Bertz CT molecular complexity index is 548. The van der Waals surface area contributed by atoms with Crippen molar-refractivity contribution in [2.45, 2.75) is 0 Å². The van der Waals surface area contributed by atoms with E-state index in [0.717, 1.165) is 0 Å². The quantitative estimate of drug-likeness (QED) is 0.927. The molecule has 0 saturated heterocycles. The van der Waals surface area contributed by atoms with E-state index in [9.17, 15) is 4.79 Å². The standard InChI is InChI=1S/C11H7BrClN3O/c12-8-4-1-3-7(9(8)13)10(17)16-11-14-5-2-6-15-11/h1-6H,(H,14,15,16,17). The van der Waals surface area contributed by atoms with Crippen molar-refractivity contribution in [2.75, 3.05) is 5.32 Å². The summed E-state index contributed by atoms with van der Waals surface area (Å²) in [5.41, 5.74) is 0.369. The Kier molecular flexibility index (Phi) is 3.71. The van der Waals surface area contributed by atoms with Crippen LogP contribution in [0.1, 0.15) is 10.4 Å². The molecular weight excluding hydrogens is 305 g/mol. The summed E-state index contributed by atoms with van der Waals surface area (Å²) in [6.45, 7) is 0. The number of carbonyl (C=O) groups excluding carboxylic acids is 1.